The first-order valence-electron chi connectivity index (χ1n) is 4.75. The molecule has 0 N–H and O–H groups in total. The average molecular weight is 334 g/mol. The summed E-state index contributed by atoms with van der Waals surface area (Å²) in [7, 11) is 0. The lowest BCUT2D eigenvalue weighted by molar-refractivity contribution is 0.103. The monoisotopic (exact) mass is 332 g/mol. The molecule has 1 nitrogen and oxygen atoms in total. The van der Waals surface area contributed by atoms with Crippen molar-refractivity contribution in [3.05, 3.63) is 54.9 Å². The van der Waals surface area contributed by atoms with E-state index in [0.29, 0.717) is 10.4 Å². The fraction of sp³-hybridized carbons (Fsp3) is 0.0833. The Kier molecular flexibility index (Phi) is 3.66. The zero-order valence-electron chi connectivity index (χ0n) is 8.76. The predicted octanol–water partition coefficient (Wildman–Crippen LogP) is 4.84. The Bertz CT molecular complexity index is 594. The molecule has 2 aromatic rings. The maximum atomic E-state index is 13.9. The average Bonchev–Trinajstić information content (AvgIpc) is 2.71. The van der Waals surface area contributed by atoms with E-state index in [1.54, 1.807) is 25.1 Å². The lowest BCUT2D eigenvalue weighted by atomic mass is 10.1. The zero-order chi connectivity index (χ0) is 12.6. The van der Waals surface area contributed by atoms with Crippen LogP contribution in [0.2, 0.25) is 5.02 Å². The highest BCUT2D eigenvalue weighted by atomic mass is 79.9. The summed E-state index contributed by atoms with van der Waals surface area (Å²) >= 11 is 10.4. The molecule has 0 bridgehead atoms. The third-order valence-corrected chi connectivity index (χ3v) is 4.25. The van der Waals surface area contributed by atoms with E-state index in [1.807, 2.05) is 0 Å². The van der Waals surface area contributed by atoms with Crippen molar-refractivity contribution in [2.45, 2.75) is 6.92 Å². The van der Waals surface area contributed by atoms with Gasteiger partial charge in [0.25, 0.3) is 0 Å². The Morgan fingerprint density at radius 2 is 2.06 bits per heavy atom. The molecule has 17 heavy (non-hydrogen) atoms. The van der Waals surface area contributed by atoms with E-state index in [4.69, 9.17) is 11.6 Å². The van der Waals surface area contributed by atoms with Crippen LogP contribution in [0.5, 0.6) is 0 Å². The van der Waals surface area contributed by atoms with Gasteiger partial charge in [-0.05, 0) is 46.6 Å². The predicted molar refractivity (Wildman–Crippen MR) is 71.6 cm³/mol. The molecular formula is C12H7BrClFOS. The zero-order valence-corrected chi connectivity index (χ0v) is 11.9. The molecule has 1 heterocycles. The van der Waals surface area contributed by atoms with Gasteiger partial charge in [-0.15, -0.1) is 11.3 Å². The van der Waals surface area contributed by atoms with Crippen molar-refractivity contribution in [3.63, 3.8) is 0 Å². The topological polar surface area (TPSA) is 17.1 Å². The second-order valence-electron chi connectivity index (χ2n) is 3.49. The van der Waals surface area contributed by atoms with Crippen molar-refractivity contribution in [2.24, 2.45) is 0 Å². The van der Waals surface area contributed by atoms with Gasteiger partial charge in [0.15, 0.2) is 0 Å². The number of benzene rings is 1. The number of rotatable bonds is 2. The number of hydrogen-bond acceptors (Lipinski definition) is 2. The van der Waals surface area contributed by atoms with Gasteiger partial charge in [-0.1, -0.05) is 17.7 Å². The van der Waals surface area contributed by atoms with E-state index in [-0.39, 0.29) is 16.4 Å². The van der Waals surface area contributed by atoms with Crippen LogP contribution in [0.3, 0.4) is 0 Å². The van der Waals surface area contributed by atoms with Gasteiger partial charge >= 0.3 is 0 Å². The van der Waals surface area contributed by atoms with Crippen LogP contribution in [0.25, 0.3) is 0 Å². The molecule has 2 rings (SSSR count). The molecule has 0 spiro atoms. The van der Waals surface area contributed by atoms with Gasteiger partial charge in [-0.25, -0.2) is 4.39 Å². The van der Waals surface area contributed by atoms with Gasteiger partial charge in [-0.2, -0.15) is 0 Å². The Hall–Kier alpha value is -0.710. The summed E-state index contributed by atoms with van der Waals surface area (Å²) in [6, 6.07) is 6.49. The third-order valence-electron chi connectivity index (χ3n) is 2.31. The van der Waals surface area contributed by atoms with Crippen molar-refractivity contribution < 1.29 is 9.18 Å². The van der Waals surface area contributed by atoms with E-state index >= 15 is 0 Å². The number of aryl methyl sites for hydroxylation is 1. The van der Waals surface area contributed by atoms with Gasteiger partial charge in [0.2, 0.25) is 5.78 Å². The molecule has 0 saturated heterocycles. The molecule has 0 unspecified atom stereocenters. The summed E-state index contributed by atoms with van der Waals surface area (Å²) in [6.45, 7) is 1.60. The van der Waals surface area contributed by atoms with Gasteiger partial charge in [0, 0.05) is 0 Å². The van der Waals surface area contributed by atoms with Gasteiger partial charge in [0.1, 0.15) is 5.82 Å². The van der Waals surface area contributed by atoms with Gasteiger partial charge in [0.05, 0.1) is 19.2 Å². The van der Waals surface area contributed by atoms with Crippen molar-refractivity contribution >= 4 is 44.7 Å². The number of ketones is 1. The lowest BCUT2D eigenvalue weighted by Crippen LogP contribution is -2.04. The van der Waals surface area contributed by atoms with Crippen LogP contribution >= 0.6 is 38.9 Å². The molecule has 0 aliphatic carbocycles. The fourth-order valence-corrected chi connectivity index (χ4v) is 2.99. The number of carbonyl (C=O) groups is 1. The Labute approximate surface area is 115 Å². The molecule has 0 aliphatic rings. The van der Waals surface area contributed by atoms with Gasteiger partial charge < -0.3 is 0 Å². The van der Waals surface area contributed by atoms with Crippen LogP contribution in [-0.2, 0) is 0 Å². The number of carbonyl (C=O) groups excluding carboxylic acids is 1. The summed E-state index contributed by atoms with van der Waals surface area (Å²) in [5, 5.41) is 0.141. The molecule has 0 atom stereocenters. The number of hydrogen-bond donors (Lipinski definition) is 0. The highest BCUT2D eigenvalue weighted by Crippen LogP contribution is 2.29. The summed E-state index contributed by atoms with van der Waals surface area (Å²) in [4.78, 5) is 12.6. The SMILES string of the molecule is Cc1ccc(Cl)c(C(=O)c2ccc(Br)s2)c1F. The number of halogens is 3. The molecule has 0 fully saturated rings. The molecule has 0 amide bonds. The third kappa shape index (κ3) is 2.44. The quantitative estimate of drug-likeness (QED) is 0.719. The molecule has 0 saturated carbocycles. The molecule has 5 heteroatoms. The smallest absolute Gasteiger partial charge is 0.207 e. The van der Waals surface area contributed by atoms with E-state index in [0.717, 1.165) is 3.79 Å². The van der Waals surface area contributed by atoms with Crippen LogP contribution in [0.1, 0.15) is 20.8 Å². The van der Waals surface area contributed by atoms with Crippen LogP contribution < -0.4 is 0 Å². The maximum Gasteiger partial charge on any atom is 0.207 e. The van der Waals surface area contributed by atoms with Crippen LogP contribution in [0, 0.1) is 12.7 Å². The summed E-state index contributed by atoms with van der Waals surface area (Å²) in [5.41, 5.74) is 0.356. The molecule has 88 valence electrons. The highest BCUT2D eigenvalue weighted by Gasteiger charge is 2.20. The standard InChI is InChI=1S/C12H7BrClFOS/c1-6-2-3-7(14)10(11(6)15)12(16)8-4-5-9(13)17-8/h2-5H,1H3. The summed E-state index contributed by atoms with van der Waals surface area (Å²) < 4.78 is 14.7. The first-order chi connectivity index (χ1) is 8.00. The van der Waals surface area contributed by atoms with Crippen molar-refractivity contribution in [2.75, 3.05) is 0 Å². The second kappa shape index (κ2) is 4.88. The molecule has 1 aromatic carbocycles. The Morgan fingerprint density at radius 3 is 2.65 bits per heavy atom. The highest BCUT2D eigenvalue weighted by molar-refractivity contribution is 9.11. The minimum absolute atomic E-state index is 0.0546. The van der Waals surface area contributed by atoms with Gasteiger partial charge in [-0.3, -0.25) is 4.79 Å². The van der Waals surface area contributed by atoms with Crippen molar-refractivity contribution in [1.29, 1.82) is 0 Å². The number of thiophene rings is 1. The summed E-state index contributed by atoms with van der Waals surface area (Å²) in [6.07, 6.45) is 0. The normalized spacial score (nSPS) is 10.6. The largest absolute Gasteiger partial charge is 0.288 e. The second-order valence-corrected chi connectivity index (χ2v) is 6.36. The lowest BCUT2D eigenvalue weighted by Gasteiger charge is -2.05. The molecule has 1 aromatic heterocycles. The van der Waals surface area contributed by atoms with E-state index < -0.39 is 5.82 Å². The molecule has 0 aliphatic heterocycles. The van der Waals surface area contributed by atoms with Crippen molar-refractivity contribution in [1.82, 2.24) is 0 Å². The van der Waals surface area contributed by atoms with E-state index in [1.165, 1.54) is 17.4 Å². The minimum atomic E-state index is -0.549. The van der Waals surface area contributed by atoms with E-state index in [9.17, 15) is 9.18 Å². The summed E-state index contributed by atoms with van der Waals surface area (Å²) in [5.74, 6) is -0.932. The Balaban J connectivity index is 2.54. The minimum Gasteiger partial charge on any atom is -0.288 e. The van der Waals surface area contributed by atoms with Crippen LogP contribution in [0.4, 0.5) is 4.39 Å². The molecule has 0 radical (unpaired) electrons. The first-order valence-corrected chi connectivity index (χ1v) is 6.74. The van der Waals surface area contributed by atoms with Crippen molar-refractivity contribution in [3.8, 4) is 0 Å². The van der Waals surface area contributed by atoms with Crippen LogP contribution in [0.15, 0.2) is 28.1 Å². The van der Waals surface area contributed by atoms with Crippen LogP contribution in [-0.4, -0.2) is 5.78 Å². The Morgan fingerprint density at radius 1 is 1.35 bits per heavy atom. The maximum absolute atomic E-state index is 13.9. The van der Waals surface area contributed by atoms with E-state index in [2.05, 4.69) is 15.9 Å². The fourth-order valence-electron chi connectivity index (χ4n) is 1.42. The first kappa shape index (κ1) is 12.7. The molecular weight excluding hydrogens is 327 g/mol.